The molecule has 4 aliphatic rings. The van der Waals surface area contributed by atoms with E-state index in [0.29, 0.717) is 11.7 Å². The number of imide groups is 1. The fraction of sp³-hybridized carbons (Fsp3) is 0.833. The SMILES string of the molecule is CN(C)CCn1nnnc1SCC(=O)NC(=O)NC12CC3CC(CC(C3)C1)C2. The van der Waals surface area contributed by atoms with E-state index < -0.39 is 0 Å². The second-order valence-corrected chi connectivity index (χ2v) is 9.92. The molecule has 3 amide bonds. The van der Waals surface area contributed by atoms with Crippen molar-refractivity contribution in [1.29, 1.82) is 0 Å². The summed E-state index contributed by atoms with van der Waals surface area (Å²) in [6, 6.07) is -0.361. The molecule has 5 rings (SSSR count). The van der Waals surface area contributed by atoms with Crippen molar-refractivity contribution in [3.63, 3.8) is 0 Å². The van der Waals surface area contributed by atoms with Crippen molar-refractivity contribution >= 4 is 23.7 Å². The molecule has 0 unspecified atom stereocenters. The predicted molar refractivity (Wildman–Crippen MR) is 105 cm³/mol. The average Bonchev–Trinajstić information content (AvgIpc) is 3.03. The van der Waals surface area contributed by atoms with Crippen LogP contribution in [0.4, 0.5) is 4.79 Å². The fourth-order valence-electron chi connectivity index (χ4n) is 5.56. The molecular weight excluding hydrogens is 378 g/mol. The van der Waals surface area contributed by atoms with Gasteiger partial charge in [-0.15, -0.1) is 5.10 Å². The zero-order valence-corrected chi connectivity index (χ0v) is 17.4. The molecule has 1 aromatic rings. The summed E-state index contributed by atoms with van der Waals surface area (Å²) >= 11 is 1.24. The lowest BCUT2D eigenvalue weighted by Crippen LogP contribution is -2.61. The molecule has 9 nitrogen and oxygen atoms in total. The fourth-order valence-corrected chi connectivity index (χ4v) is 6.27. The Morgan fingerprint density at radius 3 is 2.43 bits per heavy atom. The van der Waals surface area contributed by atoms with E-state index in [1.165, 1.54) is 31.0 Å². The van der Waals surface area contributed by atoms with E-state index in [9.17, 15) is 9.59 Å². The molecule has 0 radical (unpaired) electrons. The summed E-state index contributed by atoms with van der Waals surface area (Å²) in [5.74, 6) is 2.03. The van der Waals surface area contributed by atoms with Gasteiger partial charge in [0.15, 0.2) is 0 Å². The zero-order valence-electron chi connectivity index (χ0n) is 16.6. The third-order valence-electron chi connectivity index (χ3n) is 6.26. The topological polar surface area (TPSA) is 105 Å². The van der Waals surface area contributed by atoms with E-state index in [2.05, 4.69) is 26.2 Å². The number of carbonyl (C=O) groups is 2. The standard InChI is InChI=1S/C18H29N7O2S/c1-24(2)3-4-25-17(21-22-23-25)28-11-15(26)19-16(27)20-18-8-12-5-13(9-18)7-14(6-12)10-18/h12-14H,3-11H2,1-2H3,(H2,19,20,26,27). The maximum atomic E-state index is 12.4. The van der Waals surface area contributed by atoms with Gasteiger partial charge in [-0.3, -0.25) is 10.1 Å². The summed E-state index contributed by atoms with van der Waals surface area (Å²) in [4.78, 5) is 26.7. The van der Waals surface area contributed by atoms with E-state index in [-0.39, 0.29) is 23.2 Å². The van der Waals surface area contributed by atoms with Crippen LogP contribution in [0.25, 0.3) is 0 Å². The minimum absolute atomic E-state index is 0.0947. The molecule has 1 heterocycles. The van der Waals surface area contributed by atoms with Crippen molar-refractivity contribution in [2.45, 2.75) is 55.8 Å². The maximum absolute atomic E-state index is 12.4. The van der Waals surface area contributed by atoms with Gasteiger partial charge in [0.2, 0.25) is 11.1 Å². The molecule has 4 saturated carbocycles. The van der Waals surface area contributed by atoms with Crippen LogP contribution < -0.4 is 10.6 Å². The van der Waals surface area contributed by atoms with Gasteiger partial charge in [0.1, 0.15) is 0 Å². The van der Waals surface area contributed by atoms with Crippen LogP contribution >= 0.6 is 11.8 Å². The number of aromatic nitrogens is 4. The Hall–Kier alpha value is -1.68. The summed E-state index contributed by atoms with van der Waals surface area (Å²) < 4.78 is 1.67. The van der Waals surface area contributed by atoms with Crippen LogP contribution in [0.1, 0.15) is 38.5 Å². The van der Waals surface area contributed by atoms with Gasteiger partial charge in [0.25, 0.3) is 0 Å². The number of nitrogens with one attached hydrogen (secondary N) is 2. The molecule has 28 heavy (non-hydrogen) atoms. The number of urea groups is 1. The van der Waals surface area contributed by atoms with Crippen molar-refractivity contribution in [1.82, 2.24) is 35.7 Å². The van der Waals surface area contributed by atoms with Crippen molar-refractivity contribution in [3.8, 4) is 0 Å². The molecule has 154 valence electrons. The van der Waals surface area contributed by atoms with E-state index >= 15 is 0 Å². The Balaban J connectivity index is 1.24. The molecule has 0 atom stereocenters. The zero-order chi connectivity index (χ0) is 19.7. The minimum atomic E-state index is -0.361. The molecule has 0 spiro atoms. The molecule has 4 bridgehead atoms. The first-order valence-electron chi connectivity index (χ1n) is 10.1. The number of hydrogen-bond acceptors (Lipinski definition) is 7. The summed E-state index contributed by atoms with van der Waals surface area (Å²) in [6.45, 7) is 1.45. The number of thioether (sulfide) groups is 1. The molecule has 1 aromatic heterocycles. The number of tetrazole rings is 1. The molecule has 10 heteroatoms. The van der Waals surface area contributed by atoms with Crippen molar-refractivity contribution in [2.24, 2.45) is 17.8 Å². The highest BCUT2D eigenvalue weighted by Crippen LogP contribution is 2.55. The normalized spacial score (nSPS) is 30.6. The smallest absolute Gasteiger partial charge is 0.321 e. The largest absolute Gasteiger partial charge is 0.332 e. The molecule has 4 fully saturated rings. The Labute approximate surface area is 169 Å². The van der Waals surface area contributed by atoms with Gasteiger partial charge >= 0.3 is 6.03 Å². The van der Waals surface area contributed by atoms with Crippen molar-refractivity contribution in [3.05, 3.63) is 0 Å². The highest BCUT2D eigenvalue weighted by molar-refractivity contribution is 7.99. The Morgan fingerprint density at radius 2 is 1.82 bits per heavy atom. The molecule has 4 aliphatic carbocycles. The van der Waals surface area contributed by atoms with Crippen LogP contribution in [0.2, 0.25) is 0 Å². The molecule has 0 aromatic carbocycles. The first-order valence-corrected chi connectivity index (χ1v) is 11.0. The van der Waals surface area contributed by atoms with Gasteiger partial charge in [0.05, 0.1) is 12.3 Å². The van der Waals surface area contributed by atoms with Crippen LogP contribution in [-0.4, -0.2) is 69.0 Å². The highest BCUT2D eigenvalue weighted by Gasteiger charge is 2.51. The molecule has 2 N–H and O–H groups in total. The van der Waals surface area contributed by atoms with Crippen molar-refractivity contribution < 1.29 is 9.59 Å². The Kier molecular flexibility index (Phi) is 5.59. The summed E-state index contributed by atoms with van der Waals surface area (Å²) in [5, 5.41) is 17.8. The number of carbonyl (C=O) groups excluding carboxylic acids is 2. The second kappa shape index (κ2) is 7.98. The van der Waals surface area contributed by atoms with E-state index in [0.717, 1.165) is 43.6 Å². The van der Waals surface area contributed by atoms with Gasteiger partial charge < -0.3 is 10.2 Å². The van der Waals surface area contributed by atoms with Crippen LogP contribution in [0.5, 0.6) is 0 Å². The van der Waals surface area contributed by atoms with Gasteiger partial charge in [-0.2, -0.15) is 0 Å². The summed E-state index contributed by atoms with van der Waals surface area (Å²) in [7, 11) is 3.96. The lowest BCUT2D eigenvalue weighted by Gasteiger charge is -2.56. The van der Waals surface area contributed by atoms with E-state index in [1.54, 1.807) is 4.68 Å². The van der Waals surface area contributed by atoms with Crippen LogP contribution in [0, 0.1) is 17.8 Å². The Morgan fingerprint density at radius 1 is 1.18 bits per heavy atom. The van der Waals surface area contributed by atoms with Crippen LogP contribution in [-0.2, 0) is 11.3 Å². The molecule has 0 saturated heterocycles. The maximum Gasteiger partial charge on any atom is 0.321 e. The first kappa shape index (κ1) is 19.6. The number of rotatable bonds is 7. The number of likely N-dealkylation sites (N-methyl/N-ethyl adjacent to an activating group) is 1. The van der Waals surface area contributed by atoms with Gasteiger partial charge in [0, 0.05) is 12.1 Å². The Bertz CT molecular complexity index is 700. The predicted octanol–water partition coefficient (Wildman–Crippen LogP) is 1.12. The third kappa shape index (κ3) is 4.48. The summed E-state index contributed by atoms with van der Waals surface area (Å²) in [6.07, 6.45) is 7.16. The highest BCUT2D eigenvalue weighted by atomic mass is 32.2. The molecule has 0 aliphatic heterocycles. The van der Waals surface area contributed by atoms with E-state index in [4.69, 9.17) is 0 Å². The lowest BCUT2D eigenvalue weighted by molar-refractivity contribution is -0.117. The first-order chi connectivity index (χ1) is 13.4. The average molecular weight is 408 g/mol. The van der Waals surface area contributed by atoms with Gasteiger partial charge in [-0.05, 0) is 80.8 Å². The van der Waals surface area contributed by atoms with E-state index in [1.807, 2.05) is 19.0 Å². The monoisotopic (exact) mass is 407 g/mol. The summed E-state index contributed by atoms with van der Waals surface area (Å²) in [5.41, 5.74) is -0.0947. The number of hydrogen-bond donors (Lipinski definition) is 2. The van der Waals surface area contributed by atoms with Crippen LogP contribution in [0.3, 0.4) is 0 Å². The lowest BCUT2D eigenvalue weighted by atomic mass is 9.53. The number of amides is 3. The third-order valence-corrected chi connectivity index (χ3v) is 7.22. The molecular formula is C18H29N7O2S. The quantitative estimate of drug-likeness (QED) is 0.653. The van der Waals surface area contributed by atoms with Gasteiger partial charge in [-0.25, -0.2) is 9.48 Å². The minimum Gasteiger partial charge on any atom is -0.332 e. The van der Waals surface area contributed by atoms with Crippen molar-refractivity contribution in [2.75, 3.05) is 26.4 Å². The number of nitrogens with zero attached hydrogens (tertiary/aromatic N) is 5. The second-order valence-electron chi connectivity index (χ2n) is 8.98. The van der Waals surface area contributed by atoms with Gasteiger partial charge in [-0.1, -0.05) is 11.8 Å². The van der Waals surface area contributed by atoms with Crippen LogP contribution in [0.15, 0.2) is 5.16 Å².